The lowest BCUT2D eigenvalue weighted by molar-refractivity contribution is -0.141. The highest BCUT2D eigenvalue weighted by molar-refractivity contribution is 5.96. The number of esters is 1. The van der Waals surface area contributed by atoms with Crippen LogP contribution in [0.1, 0.15) is 32.9 Å². The number of aryl methyl sites for hydroxylation is 3. The molecule has 0 fully saturated rings. The van der Waals surface area contributed by atoms with Gasteiger partial charge in [0, 0.05) is 24.1 Å². The SMILES string of the molecule is Cc1cccc(C)c1NC(=O)CN(C)C(=O)COC(=O)c1cc(C)n(CC(F)(F)F)c1C. The monoisotopic (exact) mass is 453 g/mol. The maximum absolute atomic E-state index is 12.7. The number of likely N-dealkylation sites (N-methyl/N-ethyl adjacent to an activating group) is 1. The number of hydrogen-bond acceptors (Lipinski definition) is 4. The number of nitrogens with one attached hydrogen (secondary N) is 1. The summed E-state index contributed by atoms with van der Waals surface area (Å²) in [7, 11) is 1.38. The van der Waals surface area contributed by atoms with E-state index in [2.05, 4.69) is 5.32 Å². The molecular weight excluding hydrogens is 427 g/mol. The number of rotatable bonds is 7. The second kappa shape index (κ2) is 9.88. The van der Waals surface area contributed by atoms with Gasteiger partial charge < -0.3 is 19.5 Å². The van der Waals surface area contributed by atoms with Crippen molar-refractivity contribution < 1.29 is 32.3 Å². The largest absolute Gasteiger partial charge is 0.452 e. The van der Waals surface area contributed by atoms with Crippen LogP contribution in [0, 0.1) is 27.7 Å². The second-order valence-corrected chi connectivity index (χ2v) is 7.63. The number of carbonyl (C=O) groups excluding carboxylic acids is 3. The molecule has 2 rings (SSSR count). The molecule has 0 saturated carbocycles. The molecule has 0 atom stereocenters. The first-order valence-corrected chi connectivity index (χ1v) is 9.80. The van der Waals surface area contributed by atoms with Crippen LogP contribution < -0.4 is 5.32 Å². The van der Waals surface area contributed by atoms with Crippen LogP contribution in [0.3, 0.4) is 0 Å². The first kappa shape index (κ1) is 25.0. The molecule has 1 aromatic heterocycles. The Bertz CT molecular complexity index is 1010. The summed E-state index contributed by atoms with van der Waals surface area (Å²) < 4.78 is 44.1. The van der Waals surface area contributed by atoms with E-state index in [9.17, 15) is 27.6 Å². The van der Waals surface area contributed by atoms with Crippen LogP contribution in [0.15, 0.2) is 24.3 Å². The van der Waals surface area contributed by atoms with Crippen molar-refractivity contribution in [3.63, 3.8) is 0 Å². The molecular formula is C22H26F3N3O4. The number of anilines is 1. The summed E-state index contributed by atoms with van der Waals surface area (Å²) in [6, 6.07) is 6.85. The van der Waals surface area contributed by atoms with Crippen LogP contribution >= 0.6 is 0 Å². The molecule has 0 unspecified atom stereocenters. The summed E-state index contributed by atoms with van der Waals surface area (Å²) in [4.78, 5) is 37.9. The lowest BCUT2D eigenvalue weighted by atomic mass is 10.1. The van der Waals surface area contributed by atoms with E-state index in [-0.39, 0.29) is 23.5 Å². The number of aromatic nitrogens is 1. The van der Waals surface area contributed by atoms with E-state index >= 15 is 0 Å². The molecule has 1 N–H and O–H groups in total. The van der Waals surface area contributed by atoms with E-state index in [4.69, 9.17) is 4.74 Å². The fourth-order valence-corrected chi connectivity index (χ4v) is 3.24. The van der Waals surface area contributed by atoms with Gasteiger partial charge in [-0.1, -0.05) is 18.2 Å². The summed E-state index contributed by atoms with van der Waals surface area (Å²) in [6.07, 6.45) is -4.44. The number of benzene rings is 1. The van der Waals surface area contributed by atoms with E-state index in [0.717, 1.165) is 20.6 Å². The van der Waals surface area contributed by atoms with Gasteiger partial charge in [0.1, 0.15) is 6.54 Å². The van der Waals surface area contributed by atoms with Crippen molar-refractivity contribution in [1.82, 2.24) is 9.47 Å². The first-order chi connectivity index (χ1) is 14.8. The van der Waals surface area contributed by atoms with Crippen molar-refractivity contribution in [3.8, 4) is 0 Å². The Balaban J connectivity index is 1.94. The highest BCUT2D eigenvalue weighted by atomic mass is 19.4. The molecule has 0 spiro atoms. The molecule has 2 amide bonds. The molecule has 0 radical (unpaired) electrons. The third-order valence-corrected chi connectivity index (χ3v) is 5.01. The second-order valence-electron chi connectivity index (χ2n) is 7.63. The first-order valence-electron chi connectivity index (χ1n) is 9.80. The minimum Gasteiger partial charge on any atom is -0.452 e. The molecule has 1 heterocycles. The Morgan fingerprint density at radius 3 is 2.25 bits per heavy atom. The predicted octanol–water partition coefficient (Wildman–Crippen LogP) is 3.54. The molecule has 174 valence electrons. The molecule has 0 saturated heterocycles. The zero-order chi connectivity index (χ0) is 24.2. The van der Waals surface area contributed by atoms with Gasteiger partial charge in [-0.05, 0) is 44.9 Å². The van der Waals surface area contributed by atoms with E-state index in [1.165, 1.54) is 27.0 Å². The van der Waals surface area contributed by atoms with Crippen molar-refractivity contribution in [1.29, 1.82) is 0 Å². The van der Waals surface area contributed by atoms with Gasteiger partial charge in [-0.2, -0.15) is 13.2 Å². The number of halogens is 3. The zero-order valence-electron chi connectivity index (χ0n) is 18.6. The maximum Gasteiger partial charge on any atom is 0.406 e. The number of hydrogen-bond donors (Lipinski definition) is 1. The quantitative estimate of drug-likeness (QED) is 0.651. The maximum atomic E-state index is 12.7. The third-order valence-electron chi connectivity index (χ3n) is 5.01. The van der Waals surface area contributed by atoms with Gasteiger partial charge in [0.05, 0.1) is 12.1 Å². The summed E-state index contributed by atoms with van der Waals surface area (Å²) in [5.41, 5.74) is 2.72. The van der Waals surface area contributed by atoms with Gasteiger partial charge in [0.2, 0.25) is 5.91 Å². The van der Waals surface area contributed by atoms with Crippen LogP contribution in [-0.4, -0.2) is 53.6 Å². The molecule has 32 heavy (non-hydrogen) atoms. The Morgan fingerprint density at radius 2 is 1.69 bits per heavy atom. The highest BCUT2D eigenvalue weighted by Crippen LogP contribution is 2.23. The highest BCUT2D eigenvalue weighted by Gasteiger charge is 2.30. The van der Waals surface area contributed by atoms with Gasteiger partial charge in [0.15, 0.2) is 6.61 Å². The number of nitrogens with zero attached hydrogens (tertiary/aromatic N) is 2. The molecule has 2 aromatic rings. The topological polar surface area (TPSA) is 80.6 Å². The molecule has 1 aromatic carbocycles. The smallest absolute Gasteiger partial charge is 0.406 e. The number of para-hydroxylation sites is 1. The van der Waals surface area contributed by atoms with Crippen molar-refractivity contribution in [2.45, 2.75) is 40.4 Å². The standard InChI is InChI=1S/C22H26F3N3O4/c1-13-7-6-8-14(2)20(13)26-18(29)10-27(5)19(30)11-32-21(31)17-9-15(3)28(16(17)4)12-22(23,24)25/h6-9H,10-12H2,1-5H3,(H,26,29). The zero-order valence-corrected chi connectivity index (χ0v) is 18.6. The van der Waals surface area contributed by atoms with Gasteiger partial charge in [-0.3, -0.25) is 9.59 Å². The lowest BCUT2D eigenvalue weighted by Gasteiger charge is -2.18. The minimum atomic E-state index is -4.44. The average molecular weight is 453 g/mol. The number of alkyl halides is 3. The van der Waals surface area contributed by atoms with Gasteiger partial charge in [-0.15, -0.1) is 0 Å². The molecule has 7 nitrogen and oxygen atoms in total. The number of ether oxygens (including phenoxy) is 1. The Labute approximate surface area is 184 Å². The Morgan fingerprint density at radius 1 is 1.09 bits per heavy atom. The van der Waals surface area contributed by atoms with Crippen molar-refractivity contribution >= 4 is 23.5 Å². The molecule has 0 aliphatic rings. The minimum absolute atomic E-state index is 0.0463. The van der Waals surface area contributed by atoms with Crippen LogP contribution in [-0.2, 0) is 20.9 Å². The van der Waals surface area contributed by atoms with Crippen LogP contribution in [0.2, 0.25) is 0 Å². The summed E-state index contributed by atoms with van der Waals surface area (Å²) in [6.45, 7) is 4.39. The molecule has 0 bridgehead atoms. The van der Waals surface area contributed by atoms with Crippen molar-refractivity contribution in [2.75, 3.05) is 25.5 Å². The van der Waals surface area contributed by atoms with Crippen molar-refractivity contribution in [2.24, 2.45) is 0 Å². The van der Waals surface area contributed by atoms with E-state index in [1.807, 2.05) is 32.0 Å². The average Bonchev–Trinajstić information content (AvgIpc) is 2.95. The van der Waals surface area contributed by atoms with E-state index in [1.54, 1.807) is 0 Å². The lowest BCUT2D eigenvalue weighted by Crippen LogP contribution is -2.37. The van der Waals surface area contributed by atoms with Crippen LogP contribution in [0.25, 0.3) is 0 Å². The number of amides is 2. The third kappa shape index (κ3) is 6.35. The molecule has 0 aliphatic heterocycles. The van der Waals surface area contributed by atoms with E-state index in [0.29, 0.717) is 5.69 Å². The predicted molar refractivity (Wildman–Crippen MR) is 112 cm³/mol. The number of carbonyl (C=O) groups is 3. The molecule has 10 heteroatoms. The summed E-state index contributed by atoms with van der Waals surface area (Å²) in [5, 5.41) is 2.75. The Hall–Kier alpha value is -3.30. The van der Waals surface area contributed by atoms with Gasteiger partial charge >= 0.3 is 12.1 Å². The van der Waals surface area contributed by atoms with Crippen molar-refractivity contribution in [3.05, 3.63) is 52.3 Å². The Kier molecular flexibility index (Phi) is 7.71. The summed E-state index contributed by atoms with van der Waals surface area (Å²) >= 11 is 0. The molecule has 0 aliphatic carbocycles. The van der Waals surface area contributed by atoms with Crippen LogP contribution in [0.4, 0.5) is 18.9 Å². The van der Waals surface area contributed by atoms with Gasteiger partial charge in [-0.25, -0.2) is 4.79 Å². The summed E-state index contributed by atoms with van der Waals surface area (Å²) in [5.74, 6) is -1.95. The fraction of sp³-hybridized carbons (Fsp3) is 0.409. The van der Waals surface area contributed by atoms with E-state index < -0.39 is 37.1 Å². The fourth-order valence-electron chi connectivity index (χ4n) is 3.24. The van der Waals surface area contributed by atoms with Crippen LogP contribution in [0.5, 0.6) is 0 Å². The van der Waals surface area contributed by atoms with Gasteiger partial charge in [0.25, 0.3) is 5.91 Å². The normalized spacial score (nSPS) is 11.2.